The smallest absolute Gasteiger partial charge is 0.157 e. The van der Waals surface area contributed by atoms with Gasteiger partial charge in [0.1, 0.15) is 11.4 Å². The van der Waals surface area contributed by atoms with Gasteiger partial charge in [-0.05, 0) is 48.5 Å². The van der Waals surface area contributed by atoms with E-state index in [-0.39, 0.29) is 0 Å². The Morgan fingerprint density at radius 2 is 1.15 bits per heavy atom. The zero-order valence-corrected chi connectivity index (χ0v) is 18.3. The first-order valence-corrected chi connectivity index (χ1v) is 11.3. The summed E-state index contributed by atoms with van der Waals surface area (Å²) in [5.41, 5.74) is 7.51. The Morgan fingerprint density at radius 1 is 0.618 bits per heavy atom. The molecule has 5 heterocycles. The number of anilines is 2. The van der Waals surface area contributed by atoms with E-state index in [1.54, 1.807) is 0 Å². The summed E-state index contributed by atoms with van der Waals surface area (Å²) < 4.78 is 0. The Balaban J connectivity index is 1.22. The first kappa shape index (κ1) is 19.0. The number of aromatic nitrogens is 5. The molecule has 0 unspecified atom stereocenters. The SMILES string of the molecule is C1=NCCN1c1ccc2nc(-c3cccc(-c4nc5ccc(N6C=NCC6)cc5[nH]4)n3)[nH]c2c1. The Labute approximate surface area is 194 Å². The van der Waals surface area contributed by atoms with Crippen molar-refractivity contribution < 1.29 is 0 Å². The molecule has 0 amide bonds. The van der Waals surface area contributed by atoms with E-state index < -0.39 is 0 Å². The van der Waals surface area contributed by atoms with Gasteiger partial charge in [-0.25, -0.2) is 15.0 Å². The van der Waals surface area contributed by atoms with Crippen molar-refractivity contribution in [3.63, 3.8) is 0 Å². The van der Waals surface area contributed by atoms with Crippen LogP contribution in [-0.4, -0.2) is 63.8 Å². The standard InChI is InChI=1S/C25H21N9/c1-2-20(24-29-18-6-4-16(12-22(18)31-24)33-10-8-26-14-33)28-21(3-1)25-30-19-7-5-17(13-23(19)32-25)34-11-9-27-15-34/h1-7,12-15H,8-11H2,(H,29,31)(H,30,32). The maximum absolute atomic E-state index is 4.85. The zero-order valence-electron chi connectivity index (χ0n) is 18.3. The molecule has 2 aliphatic rings. The molecule has 2 aliphatic heterocycles. The number of imidazole rings is 2. The van der Waals surface area contributed by atoms with Gasteiger partial charge in [0.25, 0.3) is 0 Å². The molecule has 0 atom stereocenters. The number of fused-ring (bicyclic) bond motifs is 2. The molecule has 0 spiro atoms. The van der Waals surface area contributed by atoms with E-state index in [4.69, 9.17) is 15.0 Å². The lowest BCUT2D eigenvalue weighted by molar-refractivity contribution is 1.02. The Kier molecular flexibility index (Phi) is 4.20. The van der Waals surface area contributed by atoms with Crippen molar-refractivity contribution >= 4 is 46.1 Å². The molecule has 3 aromatic heterocycles. The summed E-state index contributed by atoms with van der Waals surface area (Å²) in [6.45, 7) is 3.47. The number of aliphatic imine (C=N–C) groups is 2. The van der Waals surface area contributed by atoms with Gasteiger partial charge in [-0.3, -0.25) is 9.98 Å². The van der Waals surface area contributed by atoms with E-state index >= 15 is 0 Å². The Bertz CT molecular complexity index is 1480. The van der Waals surface area contributed by atoms with Gasteiger partial charge in [-0.2, -0.15) is 0 Å². The van der Waals surface area contributed by atoms with Gasteiger partial charge in [-0.15, -0.1) is 0 Å². The zero-order chi connectivity index (χ0) is 22.5. The van der Waals surface area contributed by atoms with Crippen molar-refractivity contribution in [3.05, 3.63) is 54.6 Å². The molecule has 9 nitrogen and oxygen atoms in total. The van der Waals surface area contributed by atoms with E-state index in [2.05, 4.69) is 54.0 Å². The van der Waals surface area contributed by atoms with Crippen molar-refractivity contribution in [1.29, 1.82) is 0 Å². The predicted octanol–water partition coefficient (Wildman–Crippen LogP) is 3.86. The molecular weight excluding hydrogens is 426 g/mol. The highest BCUT2D eigenvalue weighted by Gasteiger charge is 2.14. The van der Waals surface area contributed by atoms with Gasteiger partial charge >= 0.3 is 0 Å². The second-order valence-corrected chi connectivity index (χ2v) is 8.41. The highest BCUT2D eigenvalue weighted by atomic mass is 15.2. The summed E-state index contributed by atoms with van der Waals surface area (Å²) in [6.07, 6.45) is 3.77. The molecule has 0 fully saturated rings. The van der Waals surface area contributed by atoms with Crippen LogP contribution in [0.2, 0.25) is 0 Å². The average Bonchev–Trinajstić information content (AvgIpc) is 3.69. The Morgan fingerprint density at radius 3 is 1.62 bits per heavy atom. The van der Waals surface area contributed by atoms with E-state index in [0.717, 1.165) is 82.7 Å². The summed E-state index contributed by atoms with van der Waals surface area (Å²) in [6, 6.07) is 18.3. The minimum atomic E-state index is 0.732. The van der Waals surface area contributed by atoms with E-state index in [1.807, 2.05) is 43.0 Å². The fourth-order valence-corrected chi connectivity index (χ4v) is 4.44. The van der Waals surface area contributed by atoms with Gasteiger partial charge in [0.05, 0.1) is 47.8 Å². The molecule has 166 valence electrons. The summed E-state index contributed by atoms with van der Waals surface area (Å²) >= 11 is 0. The maximum Gasteiger partial charge on any atom is 0.157 e. The van der Waals surface area contributed by atoms with Crippen LogP contribution >= 0.6 is 0 Å². The van der Waals surface area contributed by atoms with Crippen LogP contribution in [0.4, 0.5) is 11.4 Å². The highest BCUT2D eigenvalue weighted by molar-refractivity contribution is 5.89. The van der Waals surface area contributed by atoms with Gasteiger partial charge < -0.3 is 19.8 Å². The lowest BCUT2D eigenvalue weighted by Crippen LogP contribution is -2.17. The van der Waals surface area contributed by atoms with E-state index in [9.17, 15) is 0 Å². The molecule has 34 heavy (non-hydrogen) atoms. The van der Waals surface area contributed by atoms with Crippen LogP contribution in [-0.2, 0) is 0 Å². The number of nitrogens with zero attached hydrogens (tertiary/aromatic N) is 7. The quantitative estimate of drug-likeness (QED) is 0.436. The molecule has 0 saturated heterocycles. The van der Waals surface area contributed by atoms with Gasteiger partial charge in [-0.1, -0.05) is 6.07 Å². The van der Waals surface area contributed by atoms with Crippen LogP contribution < -0.4 is 9.80 Å². The molecular formula is C25H21N9. The van der Waals surface area contributed by atoms with E-state index in [0.29, 0.717) is 0 Å². The molecule has 5 aromatic rings. The number of aromatic amines is 2. The fraction of sp³-hybridized carbons (Fsp3) is 0.160. The number of nitrogens with one attached hydrogen (secondary N) is 2. The van der Waals surface area contributed by atoms with E-state index in [1.165, 1.54) is 0 Å². The van der Waals surface area contributed by atoms with Crippen molar-refractivity contribution in [2.45, 2.75) is 0 Å². The monoisotopic (exact) mass is 447 g/mol. The summed E-state index contributed by atoms with van der Waals surface area (Å²) in [7, 11) is 0. The van der Waals surface area contributed by atoms with Crippen LogP contribution in [0.1, 0.15) is 0 Å². The van der Waals surface area contributed by atoms with Crippen LogP contribution in [0, 0.1) is 0 Å². The number of H-pyrrole nitrogens is 2. The topological polar surface area (TPSA) is 101 Å². The molecule has 0 radical (unpaired) electrons. The number of benzene rings is 2. The van der Waals surface area contributed by atoms with Crippen LogP contribution in [0.3, 0.4) is 0 Å². The molecule has 2 aromatic carbocycles. The molecule has 9 heteroatoms. The highest BCUT2D eigenvalue weighted by Crippen LogP contribution is 2.27. The molecule has 0 bridgehead atoms. The molecule has 0 saturated carbocycles. The van der Waals surface area contributed by atoms with Gasteiger partial charge in [0.2, 0.25) is 0 Å². The Hall–Kier alpha value is -4.53. The lowest BCUT2D eigenvalue weighted by Gasteiger charge is -2.13. The van der Waals surface area contributed by atoms with Gasteiger partial charge in [0.15, 0.2) is 11.6 Å². The van der Waals surface area contributed by atoms with Gasteiger partial charge in [0, 0.05) is 24.5 Å². The molecule has 2 N–H and O–H groups in total. The minimum absolute atomic E-state index is 0.732. The van der Waals surface area contributed by atoms with Crippen LogP contribution in [0.5, 0.6) is 0 Å². The number of pyridine rings is 1. The third kappa shape index (κ3) is 3.21. The number of rotatable bonds is 4. The first-order valence-electron chi connectivity index (χ1n) is 11.3. The largest absolute Gasteiger partial charge is 0.337 e. The number of hydrogen-bond acceptors (Lipinski definition) is 7. The second-order valence-electron chi connectivity index (χ2n) is 8.41. The molecule has 7 rings (SSSR count). The summed E-state index contributed by atoms with van der Waals surface area (Å²) in [5, 5.41) is 0. The summed E-state index contributed by atoms with van der Waals surface area (Å²) in [5.74, 6) is 1.46. The van der Waals surface area contributed by atoms with Crippen LogP contribution in [0.25, 0.3) is 45.1 Å². The first-order chi connectivity index (χ1) is 16.8. The maximum atomic E-state index is 4.85. The lowest BCUT2D eigenvalue weighted by atomic mass is 10.2. The average molecular weight is 448 g/mol. The van der Waals surface area contributed by atoms with Crippen molar-refractivity contribution in [2.75, 3.05) is 36.0 Å². The fourth-order valence-electron chi connectivity index (χ4n) is 4.44. The molecule has 0 aliphatic carbocycles. The normalized spacial score (nSPS) is 15.4. The third-order valence-corrected chi connectivity index (χ3v) is 6.21. The van der Waals surface area contributed by atoms with Crippen molar-refractivity contribution in [2.24, 2.45) is 9.98 Å². The summed E-state index contributed by atoms with van der Waals surface area (Å²) in [4.78, 5) is 34.1. The number of hydrogen-bond donors (Lipinski definition) is 2. The van der Waals surface area contributed by atoms with Crippen molar-refractivity contribution in [3.8, 4) is 23.0 Å². The second kappa shape index (κ2) is 7.51. The predicted molar refractivity (Wildman–Crippen MR) is 136 cm³/mol. The minimum Gasteiger partial charge on any atom is -0.337 e. The van der Waals surface area contributed by atoms with Crippen molar-refractivity contribution in [1.82, 2.24) is 24.9 Å². The van der Waals surface area contributed by atoms with Crippen LogP contribution in [0.15, 0.2) is 64.6 Å². The third-order valence-electron chi connectivity index (χ3n) is 6.21.